The molecule has 0 saturated heterocycles. The first-order chi connectivity index (χ1) is 8.58. The van der Waals surface area contributed by atoms with Crippen LogP contribution in [0, 0.1) is 11.6 Å². The molecule has 0 spiro atoms. The highest BCUT2D eigenvalue weighted by Crippen LogP contribution is 2.40. The van der Waals surface area contributed by atoms with Crippen LogP contribution < -0.4 is 5.32 Å². The molecule has 5 heteroatoms. The molecule has 1 aromatic carbocycles. The quantitative estimate of drug-likeness (QED) is 0.884. The lowest BCUT2D eigenvalue weighted by atomic mass is 10.00. The van der Waals surface area contributed by atoms with Gasteiger partial charge >= 0.3 is 0 Å². The minimum absolute atomic E-state index is 0.0897. The second-order valence-electron chi connectivity index (χ2n) is 4.75. The fourth-order valence-corrected chi connectivity index (χ4v) is 3.69. The van der Waals surface area contributed by atoms with E-state index in [1.54, 1.807) is 0 Å². The fraction of sp³-hybridized carbons (Fsp3) is 0.538. The first-order valence-electron chi connectivity index (χ1n) is 6.00. The Kier molecular flexibility index (Phi) is 4.25. The van der Waals surface area contributed by atoms with Gasteiger partial charge in [-0.2, -0.15) is 0 Å². The Morgan fingerprint density at radius 3 is 2.83 bits per heavy atom. The normalized spacial score (nSPS) is 27.7. The molecule has 0 aromatic heterocycles. The monoisotopic (exact) mass is 273 g/mol. The van der Waals surface area contributed by atoms with E-state index in [2.05, 4.69) is 5.32 Å². The Bertz CT molecular complexity index is 423. The Hall–Kier alpha value is -0.650. The summed E-state index contributed by atoms with van der Waals surface area (Å²) in [6, 6.07) is 3.67. The van der Waals surface area contributed by atoms with Crippen molar-refractivity contribution in [1.82, 2.24) is 5.32 Å². The maximum Gasteiger partial charge on any atom is 0.139 e. The smallest absolute Gasteiger partial charge is 0.139 e. The number of thioether (sulfide) groups is 1. The number of likely N-dealkylation sites (N-methyl/N-ethyl adjacent to an activating group) is 1. The second-order valence-corrected chi connectivity index (χ2v) is 6.09. The molecule has 2 rings (SSSR count). The number of benzene rings is 1. The predicted octanol–water partition coefficient (Wildman–Crippen LogP) is 2.56. The molecule has 1 aliphatic rings. The van der Waals surface area contributed by atoms with E-state index in [-0.39, 0.29) is 17.4 Å². The molecular formula is C13H17F2NOS. The molecule has 0 aliphatic heterocycles. The Morgan fingerprint density at radius 2 is 2.28 bits per heavy atom. The zero-order valence-electron chi connectivity index (χ0n) is 10.2. The van der Waals surface area contributed by atoms with Crippen molar-refractivity contribution >= 4 is 11.8 Å². The van der Waals surface area contributed by atoms with Crippen LogP contribution in [0.25, 0.3) is 0 Å². The molecule has 2 atom stereocenters. The van der Waals surface area contributed by atoms with E-state index < -0.39 is 11.6 Å². The van der Waals surface area contributed by atoms with Crippen LogP contribution in [-0.4, -0.2) is 29.5 Å². The first kappa shape index (κ1) is 13.8. The number of nitrogens with one attached hydrogen (secondary N) is 1. The SMILES string of the molecule is CNC1(CO)CCC(Sc2ccc(F)cc2F)C1. The lowest BCUT2D eigenvalue weighted by Crippen LogP contribution is -2.44. The Balaban J connectivity index is 2.03. The van der Waals surface area contributed by atoms with Gasteiger partial charge in [0.15, 0.2) is 0 Å². The predicted molar refractivity (Wildman–Crippen MR) is 68.7 cm³/mol. The maximum absolute atomic E-state index is 13.5. The molecule has 0 radical (unpaired) electrons. The van der Waals surface area contributed by atoms with E-state index in [0.717, 1.165) is 25.3 Å². The van der Waals surface area contributed by atoms with Gasteiger partial charge in [-0.3, -0.25) is 0 Å². The molecule has 2 unspecified atom stereocenters. The van der Waals surface area contributed by atoms with Crippen LogP contribution in [0.2, 0.25) is 0 Å². The lowest BCUT2D eigenvalue weighted by Gasteiger charge is -2.26. The Labute approximate surface area is 110 Å². The van der Waals surface area contributed by atoms with Crippen molar-refractivity contribution in [2.75, 3.05) is 13.7 Å². The molecule has 1 fully saturated rings. The van der Waals surface area contributed by atoms with Gasteiger partial charge in [-0.05, 0) is 38.4 Å². The standard InChI is InChI=1S/C13H17F2NOS/c1-16-13(8-17)5-4-10(7-13)18-12-3-2-9(14)6-11(12)15/h2-3,6,10,16-17H,4-5,7-8H2,1H3. The van der Waals surface area contributed by atoms with Gasteiger partial charge in [-0.15, -0.1) is 11.8 Å². The fourth-order valence-electron chi connectivity index (χ4n) is 2.38. The molecule has 0 amide bonds. The number of aliphatic hydroxyl groups excluding tert-OH is 1. The largest absolute Gasteiger partial charge is 0.394 e. The van der Waals surface area contributed by atoms with Gasteiger partial charge in [0.25, 0.3) is 0 Å². The van der Waals surface area contributed by atoms with E-state index in [1.807, 2.05) is 7.05 Å². The third-order valence-corrected chi connectivity index (χ3v) is 4.90. The molecular weight excluding hydrogens is 256 g/mol. The highest BCUT2D eigenvalue weighted by Gasteiger charge is 2.37. The van der Waals surface area contributed by atoms with Crippen molar-refractivity contribution in [2.45, 2.75) is 34.9 Å². The molecule has 2 N–H and O–H groups in total. The van der Waals surface area contributed by atoms with Crippen LogP contribution >= 0.6 is 11.8 Å². The highest BCUT2D eigenvalue weighted by molar-refractivity contribution is 8.00. The summed E-state index contributed by atoms with van der Waals surface area (Å²) in [4.78, 5) is 0.478. The van der Waals surface area contributed by atoms with Crippen molar-refractivity contribution < 1.29 is 13.9 Å². The molecule has 1 saturated carbocycles. The summed E-state index contributed by atoms with van der Waals surface area (Å²) in [6.07, 6.45) is 2.59. The van der Waals surface area contributed by atoms with Crippen molar-refractivity contribution in [3.05, 3.63) is 29.8 Å². The molecule has 18 heavy (non-hydrogen) atoms. The average molecular weight is 273 g/mol. The molecule has 100 valence electrons. The van der Waals surface area contributed by atoms with Gasteiger partial charge in [0.2, 0.25) is 0 Å². The summed E-state index contributed by atoms with van der Waals surface area (Å²) in [5.41, 5.74) is -0.242. The van der Waals surface area contributed by atoms with E-state index in [0.29, 0.717) is 4.90 Å². The van der Waals surface area contributed by atoms with Crippen molar-refractivity contribution in [1.29, 1.82) is 0 Å². The van der Waals surface area contributed by atoms with Gasteiger partial charge in [0, 0.05) is 21.8 Å². The topological polar surface area (TPSA) is 32.3 Å². The summed E-state index contributed by atoms with van der Waals surface area (Å²) in [7, 11) is 1.84. The number of hydrogen-bond donors (Lipinski definition) is 2. The van der Waals surface area contributed by atoms with E-state index in [9.17, 15) is 13.9 Å². The zero-order valence-corrected chi connectivity index (χ0v) is 11.1. The van der Waals surface area contributed by atoms with Crippen LogP contribution in [0.15, 0.2) is 23.1 Å². The number of rotatable bonds is 4. The highest BCUT2D eigenvalue weighted by atomic mass is 32.2. The average Bonchev–Trinajstić information content (AvgIpc) is 2.77. The van der Waals surface area contributed by atoms with Gasteiger partial charge in [0.1, 0.15) is 11.6 Å². The minimum atomic E-state index is -0.553. The van der Waals surface area contributed by atoms with Gasteiger partial charge < -0.3 is 10.4 Å². The molecule has 2 nitrogen and oxygen atoms in total. The number of halogens is 2. The van der Waals surface area contributed by atoms with Crippen LogP contribution in [0.3, 0.4) is 0 Å². The van der Waals surface area contributed by atoms with E-state index >= 15 is 0 Å². The molecule has 0 heterocycles. The zero-order chi connectivity index (χ0) is 13.2. The number of aliphatic hydroxyl groups is 1. The van der Waals surface area contributed by atoms with Crippen molar-refractivity contribution in [2.24, 2.45) is 0 Å². The third kappa shape index (κ3) is 2.84. The van der Waals surface area contributed by atoms with Gasteiger partial charge in [0.05, 0.1) is 6.61 Å². The van der Waals surface area contributed by atoms with Crippen molar-refractivity contribution in [3.63, 3.8) is 0 Å². The van der Waals surface area contributed by atoms with Crippen LogP contribution in [0.4, 0.5) is 8.78 Å². The molecule has 1 aliphatic carbocycles. The van der Waals surface area contributed by atoms with Crippen molar-refractivity contribution in [3.8, 4) is 0 Å². The first-order valence-corrected chi connectivity index (χ1v) is 6.88. The van der Waals surface area contributed by atoms with E-state index in [1.165, 1.54) is 23.9 Å². The molecule has 0 bridgehead atoms. The summed E-state index contributed by atoms with van der Waals surface area (Å²) in [5, 5.41) is 12.8. The summed E-state index contributed by atoms with van der Waals surface area (Å²) < 4.78 is 26.3. The lowest BCUT2D eigenvalue weighted by molar-refractivity contribution is 0.173. The summed E-state index contributed by atoms with van der Waals surface area (Å²) >= 11 is 1.43. The van der Waals surface area contributed by atoms with Gasteiger partial charge in [-0.1, -0.05) is 0 Å². The summed E-state index contributed by atoms with van der Waals surface area (Å²) in [5.74, 6) is -1.06. The second kappa shape index (κ2) is 5.55. The van der Waals surface area contributed by atoms with Gasteiger partial charge in [-0.25, -0.2) is 8.78 Å². The minimum Gasteiger partial charge on any atom is -0.394 e. The van der Waals surface area contributed by atoms with E-state index in [4.69, 9.17) is 0 Å². The summed E-state index contributed by atoms with van der Waals surface area (Å²) in [6.45, 7) is 0.0897. The maximum atomic E-state index is 13.5. The van der Waals surface area contributed by atoms with Crippen LogP contribution in [0.1, 0.15) is 19.3 Å². The Morgan fingerprint density at radius 1 is 1.50 bits per heavy atom. The van der Waals surface area contributed by atoms with Crippen LogP contribution in [-0.2, 0) is 0 Å². The molecule has 1 aromatic rings. The van der Waals surface area contributed by atoms with Crippen LogP contribution in [0.5, 0.6) is 0 Å². The number of hydrogen-bond acceptors (Lipinski definition) is 3. The third-order valence-electron chi connectivity index (χ3n) is 3.58.